The van der Waals surface area contributed by atoms with Gasteiger partial charge in [-0.25, -0.2) is 0 Å². The molecule has 0 spiro atoms. The third-order valence-electron chi connectivity index (χ3n) is 4.37. The van der Waals surface area contributed by atoms with Crippen molar-refractivity contribution in [1.29, 1.82) is 0 Å². The van der Waals surface area contributed by atoms with Gasteiger partial charge in [-0.05, 0) is 35.9 Å². The van der Waals surface area contributed by atoms with Crippen LogP contribution in [0.2, 0.25) is 0 Å². The molecule has 27 heavy (non-hydrogen) atoms. The lowest BCUT2D eigenvalue weighted by molar-refractivity contribution is -0.111. The second-order valence-corrected chi connectivity index (χ2v) is 6.05. The van der Waals surface area contributed by atoms with Crippen molar-refractivity contribution in [2.75, 3.05) is 12.0 Å². The zero-order valence-corrected chi connectivity index (χ0v) is 14.8. The van der Waals surface area contributed by atoms with Gasteiger partial charge < -0.3 is 9.57 Å². The molecule has 0 saturated carbocycles. The zero-order chi connectivity index (χ0) is 18.6. The van der Waals surface area contributed by atoms with E-state index in [9.17, 15) is 4.79 Å². The third-order valence-corrected chi connectivity index (χ3v) is 4.37. The van der Waals surface area contributed by atoms with Crippen LogP contribution in [-0.4, -0.2) is 18.7 Å². The highest BCUT2D eigenvalue weighted by Crippen LogP contribution is 2.35. The van der Waals surface area contributed by atoms with Crippen molar-refractivity contribution in [2.24, 2.45) is 5.16 Å². The topological polar surface area (TPSA) is 51.1 Å². The average molecular weight is 358 g/mol. The largest absolute Gasteiger partial charge is 0.497 e. The molecule has 0 aromatic heterocycles. The van der Waals surface area contributed by atoms with Crippen LogP contribution in [-0.2, 0) is 16.2 Å². The van der Waals surface area contributed by atoms with Gasteiger partial charge in [0.15, 0.2) is 5.71 Å². The van der Waals surface area contributed by atoms with Crippen LogP contribution in [0.5, 0.6) is 5.75 Å². The van der Waals surface area contributed by atoms with Crippen molar-refractivity contribution in [3.05, 3.63) is 90.0 Å². The molecule has 0 N–H and O–H groups in total. The first-order chi connectivity index (χ1) is 13.3. The Labute approximate surface area is 157 Å². The maximum absolute atomic E-state index is 13.0. The molecular formula is C22H18N2O3. The predicted molar refractivity (Wildman–Crippen MR) is 104 cm³/mol. The molecule has 0 bridgehead atoms. The number of oxime groups is 1. The normalized spacial score (nSPS) is 14.3. The van der Waals surface area contributed by atoms with Crippen molar-refractivity contribution in [3.8, 4) is 5.75 Å². The van der Waals surface area contributed by atoms with E-state index >= 15 is 0 Å². The first-order valence-electron chi connectivity index (χ1n) is 8.60. The average Bonchev–Trinajstić information content (AvgIpc) is 3.01. The van der Waals surface area contributed by atoms with E-state index in [-0.39, 0.29) is 12.5 Å². The highest BCUT2D eigenvalue weighted by Gasteiger charge is 2.35. The number of hydrogen-bond acceptors (Lipinski definition) is 4. The molecule has 0 unspecified atom stereocenters. The molecule has 0 atom stereocenters. The van der Waals surface area contributed by atoms with Crippen LogP contribution in [0.3, 0.4) is 0 Å². The van der Waals surface area contributed by atoms with Crippen molar-refractivity contribution >= 4 is 23.0 Å². The van der Waals surface area contributed by atoms with Crippen LogP contribution in [0.15, 0.2) is 84.0 Å². The van der Waals surface area contributed by atoms with Gasteiger partial charge in [-0.2, -0.15) is 0 Å². The second-order valence-electron chi connectivity index (χ2n) is 6.05. The number of para-hydroxylation sites is 2. The number of ether oxygens (including phenoxy) is 1. The monoisotopic (exact) mass is 358 g/mol. The van der Waals surface area contributed by atoms with Gasteiger partial charge in [-0.1, -0.05) is 53.7 Å². The molecule has 1 amide bonds. The van der Waals surface area contributed by atoms with Crippen LogP contribution in [0.1, 0.15) is 11.1 Å². The number of rotatable bonds is 5. The summed E-state index contributed by atoms with van der Waals surface area (Å²) in [6, 6.07) is 24.6. The lowest BCUT2D eigenvalue weighted by Crippen LogP contribution is -2.25. The van der Waals surface area contributed by atoms with Crippen LogP contribution < -0.4 is 9.64 Å². The summed E-state index contributed by atoms with van der Waals surface area (Å²) in [6.07, 6.45) is 0. The fraction of sp³-hybridized carbons (Fsp3) is 0.0909. The van der Waals surface area contributed by atoms with Crippen molar-refractivity contribution < 1.29 is 14.4 Å². The second kappa shape index (κ2) is 7.33. The minimum atomic E-state index is -0.197. The van der Waals surface area contributed by atoms with E-state index in [2.05, 4.69) is 5.16 Å². The Kier molecular flexibility index (Phi) is 4.58. The maximum atomic E-state index is 13.0. The number of anilines is 2. The van der Waals surface area contributed by atoms with Crippen molar-refractivity contribution in [3.63, 3.8) is 0 Å². The van der Waals surface area contributed by atoms with Gasteiger partial charge in [0, 0.05) is 11.3 Å². The maximum Gasteiger partial charge on any atom is 0.285 e. The number of nitrogens with zero attached hydrogens (tertiary/aromatic N) is 2. The van der Waals surface area contributed by atoms with Crippen LogP contribution in [0, 0.1) is 0 Å². The van der Waals surface area contributed by atoms with Gasteiger partial charge in [0.1, 0.15) is 12.4 Å². The van der Waals surface area contributed by atoms with E-state index in [0.29, 0.717) is 5.71 Å². The highest BCUT2D eigenvalue weighted by atomic mass is 16.6. The summed E-state index contributed by atoms with van der Waals surface area (Å²) in [7, 11) is 1.62. The number of carbonyl (C=O) groups excluding carboxylic acids is 1. The lowest BCUT2D eigenvalue weighted by atomic mass is 10.1. The van der Waals surface area contributed by atoms with E-state index in [1.54, 1.807) is 12.0 Å². The first-order valence-corrected chi connectivity index (χ1v) is 8.60. The van der Waals surface area contributed by atoms with Gasteiger partial charge >= 0.3 is 0 Å². The summed E-state index contributed by atoms with van der Waals surface area (Å²) in [5, 5.41) is 4.15. The Balaban J connectivity index is 1.59. The number of benzene rings is 3. The quantitative estimate of drug-likeness (QED) is 0.639. The third kappa shape index (κ3) is 3.27. The SMILES string of the molecule is COc1ccc(CO/N=C2/C(=O)N(c3ccccc3)c3ccccc32)cc1. The summed E-state index contributed by atoms with van der Waals surface area (Å²) in [5.74, 6) is 0.584. The fourth-order valence-electron chi connectivity index (χ4n) is 3.01. The first kappa shape index (κ1) is 16.8. The van der Waals surface area contributed by atoms with Gasteiger partial charge in [0.25, 0.3) is 5.91 Å². The molecule has 5 heteroatoms. The summed E-state index contributed by atoms with van der Waals surface area (Å²) >= 11 is 0. The van der Waals surface area contributed by atoms with E-state index in [1.165, 1.54) is 0 Å². The zero-order valence-electron chi connectivity index (χ0n) is 14.8. The molecule has 1 aliphatic heterocycles. The van der Waals surface area contributed by atoms with Gasteiger partial charge in [-0.3, -0.25) is 9.69 Å². The Morgan fingerprint density at radius 2 is 1.59 bits per heavy atom. The Morgan fingerprint density at radius 3 is 2.33 bits per heavy atom. The van der Waals surface area contributed by atoms with E-state index in [4.69, 9.17) is 9.57 Å². The van der Waals surface area contributed by atoms with Gasteiger partial charge in [0.2, 0.25) is 0 Å². The van der Waals surface area contributed by atoms with E-state index in [1.807, 2.05) is 78.9 Å². The van der Waals surface area contributed by atoms with Crippen LogP contribution in [0.25, 0.3) is 0 Å². The molecular weight excluding hydrogens is 340 g/mol. The number of methoxy groups -OCH3 is 1. The number of hydrogen-bond donors (Lipinski definition) is 0. The molecule has 4 rings (SSSR count). The molecule has 0 saturated heterocycles. The molecule has 3 aromatic rings. The Bertz CT molecular complexity index is 982. The van der Waals surface area contributed by atoms with E-state index in [0.717, 1.165) is 28.3 Å². The summed E-state index contributed by atoms with van der Waals surface area (Å²) in [5.41, 5.74) is 3.62. The van der Waals surface area contributed by atoms with Gasteiger partial charge in [-0.15, -0.1) is 0 Å². The van der Waals surface area contributed by atoms with Crippen LogP contribution in [0.4, 0.5) is 11.4 Å². The molecule has 0 aliphatic carbocycles. The Hall–Kier alpha value is -3.60. The minimum Gasteiger partial charge on any atom is -0.497 e. The highest BCUT2D eigenvalue weighted by molar-refractivity contribution is 6.55. The molecule has 5 nitrogen and oxygen atoms in total. The number of amides is 1. The van der Waals surface area contributed by atoms with E-state index < -0.39 is 0 Å². The fourth-order valence-corrected chi connectivity index (χ4v) is 3.01. The predicted octanol–water partition coefficient (Wildman–Crippen LogP) is 4.29. The molecule has 0 fully saturated rings. The molecule has 3 aromatic carbocycles. The van der Waals surface area contributed by atoms with Crippen molar-refractivity contribution in [1.82, 2.24) is 0 Å². The molecule has 1 heterocycles. The molecule has 0 radical (unpaired) electrons. The minimum absolute atomic E-state index is 0.197. The molecule has 1 aliphatic rings. The van der Waals surface area contributed by atoms with Crippen LogP contribution >= 0.6 is 0 Å². The summed E-state index contributed by atoms with van der Waals surface area (Å²) < 4.78 is 5.14. The standard InChI is InChI=1S/C22H18N2O3/c1-26-18-13-11-16(12-14-18)15-27-23-21-19-9-5-6-10-20(19)24(22(21)25)17-7-3-2-4-8-17/h2-14H,15H2,1H3/b23-21+. The molecule has 134 valence electrons. The summed E-state index contributed by atoms with van der Waals surface area (Å²) in [6.45, 7) is 0.272. The van der Waals surface area contributed by atoms with Gasteiger partial charge in [0.05, 0.1) is 12.8 Å². The lowest BCUT2D eigenvalue weighted by Gasteiger charge is -2.16. The number of fused-ring (bicyclic) bond motifs is 1. The smallest absolute Gasteiger partial charge is 0.285 e. The Morgan fingerprint density at radius 1 is 0.889 bits per heavy atom. The number of carbonyl (C=O) groups is 1. The van der Waals surface area contributed by atoms with Crippen molar-refractivity contribution in [2.45, 2.75) is 6.61 Å². The summed E-state index contributed by atoms with van der Waals surface area (Å²) in [4.78, 5) is 20.1.